The summed E-state index contributed by atoms with van der Waals surface area (Å²) in [4.78, 5) is 30.5. The number of ether oxygens (including phenoxy) is 1. The van der Waals surface area contributed by atoms with Crippen molar-refractivity contribution in [3.8, 4) is 0 Å². The van der Waals surface area contributed by atoms with Gasteiger partial charge in [-0.25, -0.2) is 0 Å². The third-order valence-corrected chi connectivity index (χ3v) is 6.48. The maximum absolute atomic E-state index is 13.5. The molecular formula is C26H31N3O3. The van der Waals surface area contributed by atoms with Gasteiger partial charge >= 0.3 is 0 Å². The number of carbonyl (C=O) groups is 2. The van der Waals surface area contributed by atoms with Gasteiger partial charge in [0.25, 0.3) is 11.8 Å². The van der Waals surface area contributed by atoms with E-state index < -0.39 is 0 Å². The van der Waals surface area contributed by atoms with Crippen LogP contribution in [-0.4, -0.2) is 61.0 Å². The van der Waals surface area contributed by atoms with E-state index in [2.05, 4.69) is 17.1 Å². The molecule has 0 atom stereocenters. The lowest BCUT2D eigenvalue weighted by atomic mass is 9.99. The van der Waals surface area contributed by atoms with E-state index in [1.165, 1.54) is 10.5 Å². The van der Waals surface area contributed by atoms with Gasteiger partial charge in [0.2, 0.25) is 0 Å². The van der Waals surface area contributed by atoms with Gasteiger partial charge in [-0.1, -0.05) is 24.3 Å². The molecule has 0 unspecified atom stereocenters. The van der Waals surface area contributed by atoms with Crippen molar-refractivity contribution in [2.24, 2.45) is 0 Å². The number of carbonyl (C=O) groups excluding carboxylic acids is 2. The van der Waals surface area contributed by atoms with Crippen LogP contribution in [0.1, 0.15) is 27.8 Å². The Bertz CT molecular complexity index is 1080. The normalized spacial score (nSPS) is 17.4. The molecule has 1 N–H and O–H groups in total. The average molecular weight is 434 g/mol. The van der Waals surface area contributed by atoms with Crippen LogP contribution in [0.25, 0.3) is 5.57 Å². The number of hydrogen-bond acceptors (Lipinski definition) is 5. The monoisotopic (exact) mass is 433 g/mol. The van der Waals surface area contributed by atoms with E-state index in [0.29, 0.717) is 37.6 Å². The highest BCUT2D eigenvalue weighted by Crippen LogP contribution is 2.31. The van der Waals surface area contributed by atoms with Gasteiger partial charge in [-0.2, -0.15) is 0 Å². The van der Waals surface area contributed by atoms with Crippen LogP contribution in [0.3, 0.4) is 0 Å². The smallest absolute Gasteiger partial charge is 0.278 e. The van der Waals surface area contributed by atoms with E-state index in [4.69, 9.17) is 4.74 Å². The first kappa shape index (κ1) is 22.2. The Morgan fingerprint density at radius 1 is 0.812 bits per heavy atom. The SMILES string of the molecule is Cc1ccc(NC2=C(c3ccc(C)c(C)c3)C(=O)N(CCN3CCOCC3)C2=O)cc1C. The van der Waals surface area contributed by atoms with Gasteiger partial charge < -0.3 is 10.1 Å². The topological polar surface area (TPSA) is 61.9 Å². The van der Waals surface area contributed by atoms with E-state index in [-0.39, 0.29) is 11.8 Å². The molecule has 2 heterocycles. The zero-order chi connectivity index (χ0) is 22.8. The Hall–Kier alpha value is -2.96. The van der Waals surface area contributed by atoms with Crippen LogP contribution in [0.15, 0.2) is 42.1 Å². The number of hydrogen-bond donors (Lipinski definition) is 1. The highest BCUT2D eigenvalue weighted by molar-refractivity contribution is 6.36. The molecule has 1 fully saturated rings. The van der Waals surface area contributed by atoms with Gasteiger partial charge in [-0.15, -0.1) is 0 Å². The summed E-state index contributed by atoms with van der Waals surface area (Å²) < 4.78 is 5.40. The second kappa shape index (κ2) is 9.27. The van der Waals surface area contributed by atoms with Crippen molar-refractivity contribution in [3.63, 3.8) is 0 Å². The Kier molecular flexibility index (Phi) is 6.44. The lowest BCUT2D eigenvalue weighted by molar-refractivity contribution is -0.137. The summed E-state index contributed by atoms with van der Waals surface area (Å²) in [7, 11) is 0. The lowest BCUT2D eigenvalue weighted by Gasteiger charge is -2.28. The molecular weight excluding hydrogens is 402 g/mol. The van der Waals surface area contributed by atoms with Crippen molar-refractivity contribution in [1.29, 1.82) is 0 Å². The number of nitrogens with one attached hydrogen (secondary N) is 1. The zero-order valence-corrected chi connectivity index (χ0v) is 19.3. The molecule has 168 valence electrons. The maximum Gasteiger partial charge on any atom is 0.278 e. The highest BCUT2D eigenvalue weighted by Gasteiger charge is 2.39. The predicted octanol–water partition coefficient (Wildman–Crippen LogP) is 3.44. The Morgan fingerprint density at radius 3 is 2.12 bits per heavy atom. The van der Waals surface area contributed by atoms with Gasteiger partial charge in [0.05, 0.1) is 18.8 Å². The Morgan fingerprint density at radius 2 is 1.47 bits per heavy atom. The van der Waals surface area contributed by atoms with Crippen molar-refractivity contribution < 1.29 is 14.3 Å². The molecule has 2 amide bonds. The molecule has 6 nitrogen and oxygen atoms in total. The molecule has 2 aromatic rings. The molecule has 0 radical (unpaired) electrons. The van der Waals surface area contributed by atoms with E-state index in [1.807, 2.05) is 57.2 Å². The van der Waals surface area contributed by atoms with Crippen LogP contribution in [0, 0.1) is 27.7 Å². The van der Waals surface area contributed by atoms with Gasteiger partial charge in [0, 0.05) is 31.9 Å². The predicted molar refractivity (Wildman–Crippen MR) is 126 cm³/mol. The third-order valence-electron chi connectivity index (χ3n) is 6.48. The largest absolute Gasteiger partial charge is 0.379 e. The van der Waals surface area contributed by atoms with Crippen LogP contribution in [-0.2, 0) is 14.3 Å². The molecule has 0 aromatic heterocycles. The molecule has 0 saturated carbocycles. The van der Waals surface area contributed by atoms with Crippen LogP contribution in [0.2, 0.25) is 0 Å². The summed E-state index contributed by atoms with van der Waals surface area (Å²) in [5, 5.41) is 3.27. The number of anilines is 1. The minimum Gasteiger partial charge on any atom is -0.379 e. The molecule has 0 spiro atoms. The molecule has 2 aliphatic heterocycles. The van der Waals surface area contributed by atoms with Crippen molar-refractivity contribution in [3.05, 3.63) is 69.9 Å². The zero-order valence-electron chi connectivity index (χ0n) is 19.3. The molecule has 0 aliphatic carbocycles. The molecule has 1 saturated heterocycles. The van der Waals surface area contributed by atoms with Crippen molar-refractivity contribution >= 4 is 23.1 Å². The Labute approximate surface area is 189 Å². The van der Waals surface area contributed by atoms with Gasteiger partial charge in [-0.3, -0.25) is 19.4 Å². The minimum absolute atomic E-state index is 0.238. The number of imide groups is 1. The number of benzene rings is 2. The first-order valence-corrected chi connectivity index (χ1v) is 11.2. The highest BCUT2D eigenvalue weighted by atomic mass is 16.5. The summed E-state index contributed by atoms with van der Waals surface area (Å²) in [6.45, 7) is 12.2. The van der Waals surface area contributed by atoms with Crippen molar-refractivity contribution in [2.45, 2.75) is 27.7 Å². The molecule has 32 heavy (non-hydrogen) atoms. The summed E-state index contributed by atoms with van der Waals surface area (Å²) >= 11 is 0. The van der Waals surface area contributed by atoms with Crippen LogP contribution < -0.4 is 5.32 Å². The minimum atomic E-state index is -0.269. The van der Waals surface area contributed by atoms with E-state index in [9.17, 15) is 9.59 Å². The second-order valence-electron chi connectivity index (χ2n) is 8.69. The quantitative estimate of drug-likeness (QED) is 0.707. The van der Waals surface area contributed by atoms with Crippen LogP contribution >= 0.6 is 0 Å². The summed E-state index contributed by atoms with van der Waals surface area (Å²) in [6, 6.07) is 11.9. The first-order valence-electron chi connectivity index (χ1n) is 11.2. The van der Waals surface area contributed by atoms with E-state index in [1.54, 1.807) is 0 Å². The van der Waals surface area contributed by atoms with Gasteiger partial charge in [0.1, 0.15) is 5.70 Å². The molecule has 2 aromatic carbocycles. The van der Waals surface area contributed by atoms with Crippen molar-refractivity contribution in [2.75, 3.05) is 44.7 Å². The standard InChI is InChI=1S/C26H31N3O3/c1-17-5-7-21(15-19(17)3)23-24(27-22-8-6-18(2)20(4)16-22)26(31)29(25(23)30)10-9-28-11-13-32-14-12-28/h5-8,15-16,27H,9-14H2,1-4H3. The van der Waals surface area contributed by atoms with Crippen LogP contribution in [0.5, 0.6) is 0 Å². The summed E-state index contributed by atoms with van der Waals surface area (Å²) in [5.41, 5.74) is 6.92. The molecule has 2 aliphatic rings. The van der Waals surface area contributed by atoms with E-state index in [0.717, 1.165) is 41.0 Å². The number of nitrogens with zero attached hydrogens (tertiary/aromatic N) is 2. The number of morpholine rings is 1. The lowest BCUT2D eigenvalue weighted by Crippen LogP contribution is -2.43. The number of amides is 2. The van der Waals surface area contributed by atoms with Crippen LogP contribution in [0.4, 0.5) is 5.69 Å². The van der Waals surface area contributed by atoms with E-state index >= 15 is 0 Å². The molecule has 4 rings (SSSR count). The van der Waals surface area contributed by atoms with Gasteiger partial charge in [0.15, 0.2) is 0 Å². The first-order chi connectivity index (χ1) is 15.3. The fraction of sp³-hybridized carbons (Fsp3) is 0.385. The molecule has 0 bridgehead atoms. The third kappa shape index (κ3) is 4.47. The summed E-state index contributed by atoms with van der Waals surface area (Å²) in [5.74, 6) is -0.507. The second-order valence-corrected chi connectivity index (χ2v) is 8.69. The maximum atomic E-state index is 13.5. The van der Waals surface area contributed by atoms with Gasteiger partial charge in [-0.05, 0) is 67.6 Å². The number of aryl methyl sites for hydroxylation is 4. The fourth-order valence-corrected chi connectivity index (χ4v) is 4.09. The Balaban J connectivity index is 1.66. The summed E-state index contributed by atoms with van der Waals surface area (Å²) in [6.07, 6.45) is 0. The van der Waals surface area contributed by atoms with Crippen molar-refractivity contribution in [1.82, 2.24) is 9.80 Å². The molecule has 6 heteroatoms. The number of rotatable bonds is 6. The fourth-order valence-electron chi connectivity index (χ4n) is 4.09. The average Bonchev–Trinajstić information content (AvgIpc) is 3.01.